The molecule has 4 heterocycles. The van der Waals surface area contributed by atoms with E-state index in [2.05, 4.69) is 9.88 Å². The van der Waals surface area contributed by atoms with Gasteiger partial charge in [-0.1, -0.05) is 11.6 Å². The van der Waals surface area contributed by atoms with E-state index >= 15 is 0 Å². The molecule has 0 radical (unpaired) electrons. The van der Waals surface area contributed by atoms with Gasteiger partial charge in [-0.15, -0.1) is 12.4 Å². The van der Waals surface area contributed by atoms with Gasteiger partial charge in [0.25, 0.3) is 0 Å². The van der Waals surface area contributed by atoms with Crippen molar-refractivity contribution in [2.24, 2.45) is 17.8 Å². The molecule has 0 amide bonds. The second kappa shape index (κ2) is 5.12. The van der Waals surface area contributed by atoms with E-state index in [1.165, 1.54) is 32.5 Å². The van der Waals surface area contributed by atoms with Crippen LogP contribution in [-0.2, 0) is 0 Å². The first-order chi connectivity index (χ1) is 8.79. The van der Waals surface area contributed by atoms with E-state index in [-0.39, 0.29) is 12.4 Å². The van der Waals surface area contributed by atoms with Gasteiger partial charge < -0.3 is 9.64 Å². The van der Waals surface area contributed by atoms with Crippen LogP contribution in [0, 0.1) is 17.8 Å². The van der Waals surface area contributed by atoms with Crippen LogP contribution < -0.4 is 4.74 Å². The Morgan fingerprint density at radius 3 is 2.58 bits per heavy atom. The first kappa shape index (κ1) is 13.5. The van der Waals surface area contributed by atoms with Gasteiger partial charge in [0.05, 0.1) is 0 Å². The van der Waals surface area contributed by atoms with Gasteiger partial charge in [-0.25, -0.2) is 4.98 Å². The summed E-state index contributed by atoms with van der Waals surface area (Å²) in [6.45, 7) is 3.72. The highest BCUT2D eigenvalue weighted by Gasteiger charge is 2.48. The zero-order valence-corrected chi connectivity index (χ0v) is 12.2. The van der Waals surface area contributed by atoms with Crippen molar-refractivity contribution in [1.29, 1.82) is 0 Å². The smallest absolute Gasteiger partial charge is 0.171 e. The third-order valence-corrected chi connectivity index (χ3v) is 4.97. The lowest BCUT2D eigenvalue weighted by atomic mass is 9.66. The van der Waals surface area contributed by atoms with Crippen molar-refractivity contribution in [3.05, 3.63) is 23.5 Å². The summed E-state index contributed by atoms with van der Waals surface area (Å²) in [7, 11) is 0. The second-order valence-corrected chi connectivity index (χ2v) is 6.31. The van der Waals surface area contributed by atoms with Gasteiger partial charge in [0.2, 0.25) is 0 Å². The molecule has 104 valence electrons. The molecule has 0 aromatic carbocycles. The van der Waals surface area contributed by atoms with Crippen LogP contribution in [0.3, 0.4) is 0 Å². The molecule has 5 heteroatoms. The van der Waals surface area contributed by atoms with Crippen LogP contribution >= 0.6 is 24.0 Å². The Bertz CT molecular complexity index is 441. The van der Waals surface area contributed by atoms with Crippen molar-refractivity contribution in [2.45, 2.75) is 18.9 Å². The van der Waals surface area contributed by atoms with E-state index in [0.717, 1.165) is 11.7 Å². The van der Waals surface area contributed by atoms with E-state index in [4.69, 9.17) is 16.3 Å². The molecule has 1 saturated carbocycles. The summed E-state index contributed by atoms with van der Waals surface area (Å²) < 4.78 is 6.20. The normalized spacial score (nSPS) is 38.9. The predicted molar refractivity (Wildman–Crippen MR) is 77.1 cm³/mol. The number of hydrogen-bond donors (Lipinski definition) is 0. The van der Waals surface area contributed by atoms with Crippen molar-refractivity contribution in [1.82, 2.24) is 9.88 Å². The summed E-state index contributed by atoms with van der Waals surface area (Å²) in [6, 6.07) is 3.82. The third kappa shape index (κ3) is 2.32. The van der Waals surface area contributed by atoms with E-state index in [9.17, 15) is 0 Å². The SMILES string of the molecule is Cl.Clc1ncccc1OC1[C@H]2CC3C[C@H]1CN(C3)C2. The van der Waals surface area contributed by atoms with Crippen LogP contribution in [0.15, 0.2) is 18.3 Å². The molecule has 19 heavy (non-hydrogen) atoms. The largest absolute Gasteiger partial charge is 0.487 e. The highest BCUT2D eigenvalue weighted by atomic mass is 35.5. The molecule has 1 aromatic rings. The lowest BCUT2D eigenvalue weighted by Crippen LogP contribution is -2.61. The quantitative estimate of drug-likeness (QED) is 0.785. The summed E-state index contributed by atoms with van der Waals surface area (Å²) >= 11 is 6.09. The van der Waals surface area contributed by atoms with Gasteiger partial charge in [0, 0.05) is 37.7 Å². The molecular formula is C14H18Cl2N2O. The fourth-order valence-corrected chi connectivity index (χ4v) is 4.33. The summed E-state index contributed by atoms with van der Waals surface area (Å²) in [5.74, 6) is 3.04. The minimum atomic E-state index is 0. The average molecular weight is 301 g/mol. The Balaban J connectivity index is 0.00000110. The molecule has 4 aliphatic rings. The van der Waals surface area contributed by atoms with Gasteiger partial charge in [0.15, 0.2) is 10.9 Å². The molecule has 5 rings (SSSR count). The third-order valence-electron chi connectivity index (χ3n) is 4.69. The highest BCUT2D eigenvalue weighted by Crippen LogP contribution is 2.45. The number of rotatable bonds is 2. The molecule has 1 aromatic heterocycles. The molecule has 4 fully saturated rings. The fourth-order valence-electron chi connectivity index (χ4n) is 4.16. The number of halogens is 2. The van der Waals surface area contributed by atoms with Crippen LogP contribution in [0.25, 0.3) is 0 Å². The maximum Gasteiger partial charge on any atom is 0.171 e. The van der Waals surface area contributed by atoms with E-state index in [1.54, 1.807) is 6.20 Å². The van der Waals surface area contributed by atoms with Crippen molar-refractivity contribution in [3.63, 3.8) is 0 Å². The number of ether oxygens (including phenoxy) is 1. The van der Waals surface area contributed by atoms with E-state index < -0.39 is 0 Å². The van der Waals surface area contributed by atoms with Crippen LogP contribution in [0.1, 0.15) is 12.8 Å². The summed E-state index contributed by atoms with van der Waals surface area (Å²) in [5.41, 5.74) is 0. The van der Waals surface area contributed by atoms with Crippen molar-refractivity contribution < 1.29 is 4.74 Å². The zero-order chi connectivity index (χ0) is 12.1. The number of pyridine rings is 1. The van der Waals surface area contributed by atoms with Crippen molar-refractivity contribution in [2.75, 3.05) is 19.6 Å². The first-order valence-corrected chi connectivity index (χ1v) is 7.17. The summed E-state index contributed by atoms with van der Waals surface area (Å²) in [5, 5.41) is 0.492. The Hall–Kier alpha value is -0.510. The number of hydrogen-bond acceptors (Lipinski definition) is 3. The average Bonchev–Trinajstić information content (AvgIpc) is 2.35. The molecule has 2 atom stereocenters. The number of nitrogens with zero attached hydrogens (tertiary/aromatic N) is 2. The van der Waals surface area contributed by atoms with Crippen molar-refractivity contribution in [3.8, 4) is 5.75 Å². The molecular weight excluding hydrogens is 283 g/mol. The molecule has 3 saturated heterocycles. The Morgan fingerprint density at radius 1 is 1.21 bits per heavy atom. The van der Waals surface area contributed by atoms with Gasteiger partial charge in [-0.3, -0.25) is 0 Å². The molecule has 3 nitrogen and oxygen atoms in total. The Labute approximate surface area is 124 Å². The standard InChI is InChI=1S/C14H17ClN2O.ClH/c15-14-12(2-1-3-16-14)18-13-10-4-9-5-11(13)8-17(6-9)7-10;/h1-3,9-11,13H,4-8H2;1H/t9?,10-,11-,13?;/m0./s1. The second-order valence-electron chi connectivity index (χ2n) is 5.95. The van der Waals surface area contributed by atoms with Crippen LogP contribution in [0.5, 0.6) is 5.75 Å². The Kier molecular flexibility index (Phi) is 3.63. The lowest BCUT2D eigenvalue weighted by Gasteiger charge is -2.55. The number of piperidine rings is 3. The number of aromatic nitrogens is 1. The monoisotopic (exact) mass is 300 g/mol. The lowest BCUT2D eigenvalue weighted by molar-refractivity contribution is -0.0985. The molecule has 0 spiro atoms. The molecule has 4 bridgehead atoms. The van der Waals surface area contributed by atoms with E-state index in [1.807, 2.05) is 12.1 Å². The molecule has 0 unspecified atom stereocenters. The van der Waals surface area contributed by atoms with Gasteiger partial charge >= 0.3 is 0 Å². The molecule has 1 aliphatic carbocycles. The van der Waals surface area contributed by atoms with Crippen molar-refractivity contribution >= 4 is 24.0 Å². The maximum absolute atomic E-state index is 6.20. The van der Waals surface area contributed by atoms with Crippen LogP contribution in [0.4, 0.5) is 0 Å². The maximum atomic E-state index is 6.20. The van der Waals surface area contributed by atoms with Crippen LogP contribution in [0.2, 0.25) is 5.15 Å². The van der Waals surface area contributed by atoms with Gasteiger partial charge in [-0.2, -0.15) is 0 Å². The zero-order valence-electron chi connectivity index (χ0n) is 10.7. The molecule has 3 aliphatic heterocycles. The Morgan fingerprint density at radius 2 is 1.95 bits per heavy atom. The molecule has 0 N–H and O–H groups in total. The van der Waals surface area contributed by atoms with Gasteiger partial charge in [0.1, 0.15) is 6.10 Å². The minimum absolute atomic E-state index is 0. The highest BCUT2D eigenvalue weighted by molar-refractivity contribution is 6.30. The first-order valence-electron chi connectivity index (χ1n) is 6.79. The summed E-state index contributed by atoms with van der Waals surface area (Å²) in [4.78, 5) is 6.70. The van der Waals surface area contributed by atoms with Crippen LogP contribution in [-0.4, -0.2) is 35.6 Å². The van der Waals surface area contributed by atoms with Gasteiger partial charge in [-0.05, 0) is 30.9 Å². The minimum Gasteiger partial charge on any atom is -0.487 e. The van der Waals surface area contributed by atoms with E-state index in [0.29, 0.717) is 23.1 Å². The predicted octanol–water partition coefficient (Wildman–Crippen LogP) is 2.88. The fraction of sp³-hybridized carbons (Fsp3) is 0.643. The summed E-state index contributed by atoms with van der Waals surface area (Å²) in [6.07, 6.45) is 4.71. The topological polar surface area (TPSA) is 25.4 Å².